The molecule has 4 N–H and O–H groups in total. The maximum Gasteiger partial charge on any atom is 0.306 e. The van der Waals surface area contributed by atoms with E-state index < -0.39 is 71.2 Å². The average molecular weight is 759 g/mol. The molecule has 12 nitrogen and oxygen atoms in total. The van der Waals surface area contributed by atoms with E-state index in [-0.39, 0.29) is 19.4 Å². The summed E-state index contributed by atoms with van der Waals surface area (Å²) in [5, 5.41) is 30.7. The van der Waals surface area contributed by atoms with Gasteiger partial charge in [-0.05, 0) is 38.5 Å². The first-order chi connectivity index (χ1) is 25.0. The molecule has 6 unspecified atom stereocenters. The van der Waals surface area contributed by atoms with Crippen LogP contribution >= 0.6 is 0 Å². The van der Waals surface area contributed by atoms with E-state index >= 15 is 0 Å². The molecule has 0 saturated carbocycles. The van der Waals surface area contributed by atoms with Gasteiger partial charge in [0.25, 0.3) is 10.1 Å². The highest BCUT2D eigenvalue weighted by Crippen LogP contribution is 2.24. The van der Waals surface area contributed by atoms with Crippen LogP contribution in [0.15, 0.2) is 48.6 Å². The van der Waals surface area contributed by atoms with Gasteiger partial charge < -0.3 is 34.3 Å². The summed E-state index contributed by atoms with van der Waals surface area (Å²) in [5.74, 6) is -2.09. The lowest BCUT2D eigenvalue weighted by atomic mass is 10.00. The fourth-order valence-electron chi connectivity index (χ4n) is 5.45. The van der Waals surface area contributed by atoms with Gasteiger partial charge in [-0.15, -0.1) is 0 Å². The Hall–Kier alpha value is -2.39. The average Bonchev–Trinajstić information content (AvgIpc) is 3.10. The van der Waals surface area contributed by atoms with E-state index in [0.717, 1.165) is 38.5 Å². The number of hydrogen-bond donors (Lipinski definition) is 4. The fourth-order valence-corrected chi connectivity index (χ4v) is 6.14. The quantitative estimate of drug-likeness (QED) is 0.0272. The number of carbonyl (C=O) groups is 2. The Morgan fingerprint density at radius 2 is 1.21 bits per heavy atom. The monoisotopic (exact) mass is 758 g/mol. The van der Waals surface area contributed by atoms with Gasteiger partial charge in [0.2, 0.25) is 0 Å². The molecule has 1 rings (SSSR count). The zero-order valence-electron chi connectivity index (χ0n) is 31.4. The molecule has 1 saturated heterocycles. The highest BCUT2D eigenvalue weighted by atomic mass is 32.2. The van der Waals surface area contributed by atoms with Crippen molar-refractivity contribution in [3.05, 3.63) is 48.6 Å². The van der Waals surface area contributed by atoms with Crippen LogP contribution in [0.1, 0.15) is 129 Å². The molecule has 0 amide bonds. The van der Waals surface area contributed by atoms with E-state index in [2.05, 4.69) is 44.2 Å². The number of carbonyl (C=O) groups excluding carboxylic acids is 2. The Kier molecular flexibility index (Phi) is 27.5. The van der Waals surface area contributed by atoms with Crippen molar-refractivity contribution >= 4 is 22.1 Å². The first-order valence-corrected chi connectivity index (χ1v) is 20.8. The van der Waals surface area contributed by atoms with Gasteiger partial charge in [0.1, 0.15) is 36.8 Å². The van der Waals surface area contributed by atoms with Crippen molar-refractivity contribution in [2.75, 3.05) is 19.0 Å². The molecule has 6 atom stereocenters. The molecule has 0 aromatic carbocycles. The largest absolute Gasteiger partial charge is 0.462 e. The molecule has 0 radical (unpaired) electrons. The molecule has 0 spiro atoms. The summed E-state index contributed by atoms with van der Waals surface area (Å²) in [4.78, 5) is 25.2. The summed E-state index contributed by atoms with van der Waals surface area (Å²) < 4.78 is 53.7. The number of allylic oxidation sites excluding steroid dienone is 8. The predicted molar refractivity (Wildman–Crippen MR) is 201 cm³/mol. The van der Waals surface area contributed by atoms with E-state index in [4.69, 9.17) is 18.9 Å². The molecule has 0 aromatic heterocycles. The van der Waals surface area contributed by atoms with Crippen molar-refractivity contribution in [2.45, 2.75) is 166 Å². The van der Waals surface area contributed by atoms with Gasteiger partial charge in [0.05, 0.1) is 6.61 Å². The lowest BCUT2D eigenvalue weighted by Crippen LogP contribution is -2.60. The third kappa shape index (κ3) is 24.8. The second-order valence-corrected chi connectivity index (χ2v) is 14.7. The van der Waals surface area contributed by atoms with E-state index in [1.54, 1.807) is 0 Å². The van der Waals surface area contributed by atoms with Crippen LogP contribution in [0.4, 0.5) is 0 Å². The number of esters is 2. The zero-order chi connectivity index (χ0) is 38.5. The fraction of sp³-hybridized carbons (Fsp3) is 0.744. The van der Waals surface area contributed by atoms with Crippen molar-refractivity contribution in [1.29, 1.82) is 0 Å². The van der Waals surface area contributed by atoms with Crippen molar-refractivity contribution < 1.29 is 56.8 Å². The Labute approximate surface area is 312 Å². The molecule has 1 heterocycles. The minimum Gasteiger partial charge on any atom is -0.462 e. The molecule has 1 aliphatic heterocycles. The van der Waals surface area contributed by atoms with Crippen LogP contribution in [0, 0.1) is 0 Å². The zero-order valence-corrected chi connectivity index (χ0v) is 32.2. The van der Waals surface area contributed by atoms with Gasteiger partial charge in [0, 0.05) is 12.8 Å². The van der Waals surface area contributed by atoms with Gasteiger partial charge in [-0.25, -0.2) is 0 Å². The molecule has 0 aliphatic carbocycles. The smallest absolute Gasteiger partial charge is 0.306 e. The summed E-state index contributed by atoms with van der Waals surface area (Å²) >= 11 is 0. The molecule has 13 heteroatoms. The maximum absolute atomic E-state index is 12.7. The topological polar surface area (TPSA) is 186 Å². The first-order valence-electron chi connectivity index (χ1n) is 19.2. The van der Waals surface area contributed by atoms with Crippen molar-refractivity contribution in [3.8, 4) is 0 Å². The second kappa shape index (κ2) is 30.0. The second-order valence-electron chi connectivity index (χ2n) is 13.2. The van der Waals surface area contributed by atoms with Gasteiger partial charge >= 0.3 is 11.9 Å². The molecule has 300 valence electrons. The van der Waals surface area contributed by atoms with Crippen LogP contribution in [-0.4, -0.2) is 96.0 Å². The standard InChI is InChI=1S/C39H66O12S/c1-3-5-7-9-11-13-15-16-18-20-22-24-26-28-35(41)50-32(29-48-34(40)27-25-23-21-19-17-14-12-10-8-6-4-2)30-49-39-38(44)37(43)36(42)33(51-39)31-52(45,46)47/h5,7,11,13,16,18,22,24,32-33,36-39,42-44H,3-4,6,8-10,12,14-15,17,19-21,23,25-31H2,1-2H3,(H,45,46,47)/b7-5-,13-11-,18-16-,24-22-. The van der Waals surface area contributed by atoms with Crippen LogP contribution < -0.4 is 0 Å². The Balaban J connectivity index is 2.59. The van der Waals surface area contributed by atoms with Crippen LogP contribution in [0.5, 0.6) is 0 Å². The minimum atomic E-state index is -4.60. The highest BCUT2D eigenvalue weighted by Gasteiger charge is 2.46. The van der Waals surface area contributed by atoms with E-state index in [0.29, 0.717) is 19.3 Å². The molecule has 52 heavy (non-hydrogen) atoms. The van der Waals surface area contributed by atoms with E-state index in [9.17, 15) is 37.9 Å². The third-order valence-electron chi connectivity index (χ3n) is 8.44. The summed E-state index contributed by atoms with van der Waals surface area (Å²) in [6.07, 6.45) is 23.4. The summed E-state index contributed by atoms with van der Waals surface area (Å²) in [6, 6.07) is 0. The van der Waals surface area contributed by atoms with E-state index in [1.807, 2.05) is 18.2 Å². The molecule has 0 aromatic rings. The lowest BCUT2D eigenvalue weighted by molar-refractivity contribution is -0.297. The van der Waals surface area contributed by atoms with Gasteiger partial charge in [-0.1, -0.05) is 127 Å². The number of rotatable bonds is 30. The van der Waals surface area contributed by atoms with Gasteiger partial charge in [0.15, 0.2) is 12.4 Å². The first kappa shape index (κ1) is 47.6. The van der Waals surface area contributed by atoms with Crippen LogP contribution in [0.2, 0.25) is 0 Å². The normalized spacial score (nSPS) is 21.8. The third-order valence-corrected chi connectivity index (χ3v) is 9.19. The Morgan fingerprint density at radius 1 is 0.673 bits per heavy atom. The Bertz CT molecular complexity index is 1170. The molecular weight excluding hydrogens is 692 g/mol. The van der Waals surface area contributed by atoms with Crippen molar-refractivity contribution in [1.82, 2.24) is 0 Å². The lowest BCUT2D eigenvalue weighted by Gasteiger charge is -2.40. The van der Waals surface area contributed by atoms with Crippen molar-refractivity contribution in [3.63, 3.8) is 0 Å². The van der Waals surface area contributed by atoms with Crippen LogP contribution in [0.25, 0.3) is 0 Å². The summed E-state index contributed by atoms with van der Waals surface area (Å²) in [5.41, 5.74) is 0. The highest BCUT2D eigenvalue weighted by molar-refractivity contribution is 7.85. The number of ether oxygens (including phenoxy) is 4. The van der Waals surface area contributed by atoms with Crippen molar-refractivity contribution in [2.24, 2.45) is 0 Å². The number of unbranched alkanes of at least 4 members (excludes halogenated alkanes) is 10. The van der Waals surface area contributed by atoms with E-state index in [1.165, 1.54) is 44.9 Å². The van der Waals surface area contributed by atoms with Crippen LogP contribution in [0.3, 0.4) is 0 Å². The summed E-state index contributed by atoms with van der Waals surface area (Å²) in [6.45, 7) is 3.53. The van der Waals surface area contributed by atoms with Gasteiger partial charge in [-0.2, -0.15) is 8.42 Å². The molecular formula is C39H66O12S. The predicted octanol–water partition coefficient (Wildman–Crippen LogP) is 6.44. The van der Waals surface area contributed by atoms with Crippen LogP contribution in [-0.2, 0) is 38.7 Å². The van der Waals surface area contributed by atoms with Gasteiger partial charge in [-0.3, -0.25) is 14.1 Å². The molecule has 1 aliphatic rings. The molecule has 0 bridgehead atoms. The maximum atomic E-state index is 12.7. The number of aliphatic hydroxyl groups is 3. The number of aliphatic hydroxyl groups excluding tert-OH is 3. The molecule has 1 fully saturated rings. The Morgan fingerprint density at radius 3 is 1.77 bits per heavy atom. The number of hydrogen-bond acceptors (Lipinski definition) is 11. The SMILES string of the molecule is CC/C=C\C/C=C\C/C=C\C/C=C\CCC(=O)OC(COC(=O)CCCCCCCCCCCCC)COC1OC(CS(=O)(=O)O)C(O)C(O)C1O. The minimum absolute atomic E-state index is 0.0430. The summed E-state index contributed by atoms with van der Waals surface area (Å²) in [7, 11) is -4.60.